The standard InChI is InChI=1S/C24H31F3O.C3H9OP.V.2H2/c1-2-3-18-4-6-19(7-5-18)8-9-20-10-12-21(13-11-20)22-14-16-23(17-15-22)28-24(25,26)27;1-5-3-2-4;;;/h2-3,8-9,14-21H,4-7,10-13H2,1H3;4-5H,2-3H2,1H3;;2*1H/b3-2+,9-8+;;;;/i;4T;;;. The van der Waals surface area contributed by atoms with Crippen LogP contribution in [0.5, 0.6) is 5.75 Å². The van der Waals surface area contributed by atoms with E-state index < -0.39 is 6.36 Å². The zero-order chi connectivity index (χ0) is 24.8. The third kappa shape index (κ3) is 12.3. The quantitative estimate of drug-likeness (QED) is 0.203. The summed E-state index contributed by atoms with van der Waals surface area (Å²) in [6.07, 6.45) is 15.6. The molecule has 0 amide bonds. The fourth-order valence-electron chi connectivity index (χ4n) is 4.81. The summed E-state index contributed by atoms with van der Waals surface area (Å²) in [5.41, 5.74) is 1.12. The van der Waals surface area contributed by atoms with Crippen molar-refractivity contribution in [3.8, 4) is 5.75 Å². The number of hydrogen-bond acceptors (Lipinski definition) is 2. The van der Waals surface area contributed by atoms with Gasteiger partial charge in [-0.2, -0.15) is 0 Å². The van der Waals surface area contributed by atoms with Crippen LogP contribution < -0.4 is 4.74 Å². The summed E-state index contributed by atoms with van der Waals surface area (Å²) >= 11 is 0. The second-order valence-corrected chi connectivity index (χ2v) is 10.3. The van der Waals surface area contributed by atoms with Gasteiger partial charge in [0.05, 0.1) is 0 Å². The van der Waals surface area contributed by atoms with E-state index >= 15 is 0 Å². The van der Waals surface area contributed by atoms with E-state index in [0.29, 0.717) is 18.4 Å². The molecular formula is C27H44F3O2PV. The van der Waals surface area contributed by atoms with E-state index in [1.165, 1.54) is 37.8 Å². The Kier molecular flexibility index (Phi) is 14.6. The van der Waals surface area contributed by atoms with Crippen LogP contribution in [0.25, 0.3) is 0 Å². The average molecular weight is 542 g/mol. The predicted molar refractivity (Wildman–Crippen MR) is 138 cm³/mol. The molecule has 0 spiro atoms. The first kappa shape index (κ1) is 29.5. The van der Waals surface area contributed by atoms with E-state index in [2.05, 4.69) is 47.7 Å². The van der Waals surface area contributed by atoms with Gasteiger partial charge in [-0.05, 0) is 112 Å². The monoisotopic (exact) mass is 541 g/mol. The number of halogens is 3. The minimum atomic E-state index is -4.63. The van der Waals surface area contributed by atoms with E-state index in [0.717, 1.165) is 57.8 Å². The normalized spacial score (nSPS) is 26.2. The van der Waals surface area contributed by atoms with Crippen molar-refractivity contribution in [2.75, 3.05) is 19.4 Å². The van der Waals surface area contributed by atoms with Gasteiger partial charge in [-0.3, -0.25) is 0 Å². The van der Waals surface area contributed by atoms with Crippen molar-refractivity contribution < 1.29 is 44.4 Å². The van der Waals surface area contributed by atoms with Crippen LogP contribution in [0.3, 0.4) is 0 Å². The fourth-order valence-corrected chi connectivity index (χ4v) is 5.01. The van der Waals surface area contributed by atoms with Gasteiger partial charge in [-0.1, -0.05) is 36.4 Å². The number of ether oxygens (including phenoxy) is 1. The summed E-state index contributed by atoms with van der Waals surface area (Å²) in [4.78, 5) is 0. The van der Waals surface area contributed by atoms with Crippen molar-refractivity contribution in [1.29, 1.82) is 1.43 Å². The van der Waals surface area contributed by atoms with E-state index in [1.807, 2.05) is 0 Å². The molecule has 1 unspecified atom stereocenters. The Morgan fingerprint density at radius 1 is 0.971 bits per heavy atom. The van der Waals surface area contributed by atoms with Gasteiger partial charge < -0.3 is 9.85 Å². The molecule has 1 radical (unpaired) electrons. The van der Waals surface area contributed by atoms with Crippen molar-refractivity contribution >= 4 is 8.58 Å². The number of benzene rings is 1. The van der Waals surface area contributed by atoms with E-state index in [4.69, 9.17) is 1.43 Å². The Morgan fingerprint density at radius 3 is 1.88 bits per heavy atom. The summed E-state index contributed by atoms with van der Waals surface area (Å²) in [6.45, 7) is 4.79. The maximum atomic E-state index is 12.3. The zero-order valence-corrected chi connectivity index (χ0v) is 22.8. The van der Waals surface area contributed by atoms with Crippen LogP contribution in [-0.2, 0) is 18.6 Å². The molecule has 1 aromatic rings. The molecule has 2 aliphatic rings. The van der Waals surface area contributed by atoms with Gasteiger partial charge in [0.2, 0.25) is 1.43 Å². The van der Waals surface area contributed by atoms with Crippen LogP contribution in [0.4, 0.5) is 13.2 Å². The predicted octanol–water partition coefficient (Wildman–Crippen LogP) is 8.57. The van der Waals surface area contributed by atoms with Gasteiger partial charge in [0.25, 0.3) is 0 Å². The second kappa shape index (κ2) is 16.8. The van der Waals surface area contributed by atoms with Crippen LogP contribution in [0.15, 0.2) is 48.6 Å². The molecule has 0 heterocycles. The molecular weight excluding hydrogens is 495 g/mol. The van der Waals surface area contributed by atoms with Crippen LogP contribution in [0.1, 0.15) is 72.6 Å². The molecule has 195 valence electrons. The first-order valence-corrected chi connectivity index (χ1v) is 13.9. The molecule has 1 atom stereocenters. The van der Waals surface area contributed by atoms with Gasteiger partial charge in [0.15, 0.2) is 0 Å². The number of rotatable bonds is 8. The van der Waals surface area contributed by atoms with Crippen molar-refractivity contribution in [1.82, 2.24) is 0 Å². The average Bonchev–Trinajstić information content (AvgIpc) is 2.83. The largest absolute Gasteiger partial charge is 0.573 e. The third-order valence-corrected chi connectivity index (χ3v) is 7.35. The Morgan fingerprint density at radius 2 is 1.47 bits per heavy atom. The van der Waals surface area contributed by atoms with Gasteiger partial charge >= 0.3 is 6.36 Å². The molecule has 2 fully saturated rings. The summed E-state index contributed by atoms with van der Waals surface area (Å²) < 4.78 is 47.0. The minimum Gasteiger partial charge on any atom is -0.406 e. The van der Waals surface area contributed by atoms with Crippen LogP contribution in [0, 0.1) is 17.8 Å². The zero-order valence-electron chi connectivity index (χ0n) is 21.4. The molecule has 1 N–H and O–H groups in total. The first-order chi connectivity index (χ1) is 16.3. The number of alkyl halides is 3. The molecule has 1 aromatic carbocycles. The Bertz CT molecular complexity index is 731. The summed E-state index contributed by atoms with van der Waals surface area (Å²) in [6, 6.07) is 6.42. The van der Waals surface area contributed by atoms with Crippen molar-refractivity contribution in [3.05, 3.63) is 54.1 Å². The molecule has 2 saturated carbocycles. The molecule has 0 aromatic heterocycles. The smallest absolute Gasteiger partial charge is 0.406 e. The molecule has 7 heteroatoms. The van der Waals surface area contributed by atoms with Crippen LogP contribution >= 0.6 is 8.58 Å². The number of aliphatic hydroxyl groups excluding tert-OH is 1. The maximum absolute atomic E-state index is 12.3. The minimum absolute atomic E-state index is 0. The summed E-state index contributed by atoms with van der Waals surface area (Å²) in [5.74, 6) is 2.47. The molecule has 3 rings (SSSR count). The molecule has 34 heavy (non-hydrogen) atoms. The molecule has 2 nitrogen and oxygen atoms in total. The Balaban J connectivity index is 0. The topological polar surface area (TPSA) is 29.5 Å². The van der Waals surface area contributed by atoms with Gasteiger partial charge in [-0.15, -0.1) is 21.8 Å². The van der Waals surface area contributed by atoms with Crippen LogP contribution in [0.2, 0.25) is 0 Å². The van der Waals surface area contributed by atoms with Crippen molar-refractivity contribution in [3.63, 3.8) is 0 Å². The molecule has 0 bridgehead atoms. The van der Waals surface area contributed by atoms with E-state index in [1.54, 1.807) is 12.1 Å². The second-order valence-electron chi connectivity index (χ2n) is 9.12. The van der Waals surface area contributed by atoms with E-state index in [-0.39, 0.29) is 27.2 Å². The summed E-state index contributed by atoms with van der Waals surface area (Å²) in [7, 11) is 0.920. The van der Waals surface area contributed by atoms with Crippen molar-refractivity contribution in [2.45, 2.75) is 70.6 Å². The SMILES string of the molecule is C/C=C/C1CCC(/C=C/C2CCC(c3ccc(OC(F)(F)F)cc3)CC2)CC1.[3H]OCCPC.[HH].[HH].[V]. The molecule has 0 saturated heterocycles. The van der Waals surface area contributed by atoms with Crippen LogP contribution in [-0.4, -0.2) is 32.3 Å². The fraction of sp³-hybridized carbons (Fsp3) is 0.630. The molecule has 2 aliphatic carbocycles. The maximum Gasteiger partial charge on any atom is 0.573 e. The first-order valence-electron chi connectivity index (χ1n) is 12.6. The number of aliphatic hydroxyl groups is 1. The van der Waals surface area contributed by atoms with Gasteiger partial charge in [0.1, 0.15) is 5.75 Å². The van der Waals surface area contributed by atoms with Gasteiger partial charge in [-0.25, -0.2) is 0 Å². The number of hydrogen-bond donors (Lipinski definition) is 1. The number of allylic oxidation sites excluding steroid dienone is 4. The Labute approximate surface area is 221 Å². The third-order valence-electron chi connectivity index (χ3n) is 6.65. The molecule has 0 aliphatic heterocycles. The summed E-state index contributed by atoms with van der Waals surface area (Å²) in [5, 5.41) is 4.04. The van der Waals surface area contributed by atoms with Gasteiger partial charge in [0, 0.05) is 28.0 Å². The Hall–Kier alpha value is -0.736. The van der Waals surface area contributed by atoms with Crippen molar-refractivity contribution in [2.24, 2.45) is 17.8 Å². The van der Waals surface area contributed by atoms with E-state index in [9.17, 15) is 13.2 Å².